The molecule has 0 aliphatic heterocycles. The molecule has 1 heterocycles. The lowest BCUT2D eigenvalue weighted by Crippen LogP contribution is -2.35. The Hall–Kier alpha value is -1.20. The van der Waals surface area contributed by atoms with Gasteiger partial charge in [-0.3, -0.25) is 0 Å². The summed E-state index contributed by atoms with van der Waals surface area (Å²) in [7, 11) is 0. The van der Waals surface area contributed by atoms with E-state index >= 15 is 0 Å². The summed E-state index contributed by atoms with van der Waals surface area (Å²) in [6.07, 6.45) is 1.80. The van der Waals surface area contributed by atoms with E-state index in [-0.39, 0.29) is 5.54 Å². The number of nitrogens with zero attached hydrogens (tertiary/aromatic N) is 3. The van der Waals surface area contributed by atoms with E-state index in [1.165, 1.54) is 5.56 Å². The highest BCUT2D eigenvalue weighted by Gasteiger charge is 2.12. The molecule has 0 fully saturated rings. The highest BCUT2D eigenvalue weighted by atomic mass is 79.9. The second kappa shape index (κ2) is 5.43. The fourth-order valence-electron chi connectivity index (χ4n) is 1.71. The minimum absolute atomic E-state index is 0.0741. The van der Waals surface area contributed by atoms with Crippen LogP contribution < -0.4 is 5.32 Å². The van der Waals surface area contributed by atoms with Crippen LogP contribution in [0, 0.1) is 6.92 Å². The van der Waals surface area contributed by atoms with Gasteiger partial charge in [0.15, 0.2) is 0 Å². The normalized spacial score (nSPS) is 11.8. The van der Waals surface area contributed by atoms with Gasteiger partial charge in [0.25, 0.3) is 0 Å². The van der Waals surface area contributed by atoms with Crippen LogP contribution in [-0.2, 0) is 6.54 Å². The van der Waals surface area contributed by atoms with Crippen molar-refractivity contribution >= 4 is 15.9 Å². The second-order valence-corrected chi connectivity index (χ2v) is 6.53. The molecule has 0 aliphatic carbocycles. The van der Waals surface area contributed by atoms with Crippen LogP contribution in [-0.4, -0.2) is 20.5 Å². The van der Waals surface area contributed by atoms with Crippen LogP contribution in [0.15, 0.2) is 28.9 Å². The third-order valence-corrected chi connectivity index (χ3v) is 3.70. The first-order chi connectivity index (χ1) is 8.87. The number of rotatable bonds is 3. The highest BCUT2D eigenvalue weighted by molar-refractivity contribution is 9.10. The number of benzene rings is 1. The van der Waals surface area contributed by atoms with Crippen molar-refractivity contribution in [2.24, 2.45) is 0 Å². The molecule has 0 atom stereocenters. The number of hydrogen-bond donors (Lipinski definition) is 1. The molecule has 1 N–H and O–H groups in total. The Morgan fingerprint density at radius 2 is 2.05 bits per heavy atom. The van der Waals surface area contributed by atoms with E-state index in [9.17, 15) is 0 Å². The monoisotopic (exact) mass is 322 g/mol. The summed E-state index contributed by atoms with van der Waals surface area (Å²) in [5.74, 6) is 0. The van der Waals surface area contributed by atoms with Crippen molar-refractivity contribution < 1.29 is 0 Å². The minimum Gasteiger partial charge on any atom is -0.306 e. The molecule has 0 aliphatic rings. The Labute approximate surface area is 122 Å². The van der Waals surface area contributed by atoms with Gasteiger partial charge in [-0.2, -0.15) is 0 Å². The van der Waals surface area contributed by atoms with Crippen LogP contribution in [0.2, 0.25) is 0 Å². The van der Waals surface area contributed by atoms with Crippen molar-refractivity contribution in [2.75, 3.05) is 0 Å². The number of nitrogens with one attached hydrogen (secondary N) is 1. The molecular weight excluding hydrogens is 304 g/mol. The fourth-order valence-corrected chi connectivity index (χ4v) is 1.96. The third-order valence-electron chi connectivity index (χ3n) is 2.81. The second-order valence-electron chi connectivity index (χ2n) is 5.67. The maximum Gasteiger partial charge on any atom is 0.0783 e. The van der Waals surface area contributed by atoms with E-state index in [4.69, 9.17) is 0 Å². The smallest absolute Gasteiger partial charge is 0.0783 e. The van der Waals surface area contributed by atoms with E-state index in [1.807, 2.05) is 16.8 Å². The average Bonchev–Trinajstić information content (AvgIpc) is 2.77. The molecule has 0 unspecified atom stereocenters. The van der Waals surface area contributed by atoms with E-state index in [0.29, 0.717) is 0 Å². The number of halogens is 1. The van der Waals surface area contributed by atoms with Crippen molar-refractivity contribution in [3.63, 3.8) is 0 Å². The van der Waals surface area contributed by atoms with Gasteiger partial charge in [0.1, 0.15) is 0 Å². The Morgan fingerprint density at radius 1 is 1.32 bits per heavy atom. The standard InChI is InChI=1S/C14H19BrN4/c1-10-7-11(5-6-13(10)15)19-12(9-17-18-19)8-16-14(2,3)4/h5-7,9,16H,8H2,1-4H3. The van der Waals surface area contributed by atoms with Crippen molar-refractivity contribution in [2.45, 2.75) is 39.8 Å². The molecule has 0 spiro atoms. The quantitative estimate of drug-likeness (QED) is 0.943. The molecule has 0 radical (unpaired) electrons. The van der Waals surface area contributed by atoms with Gasteiger partial charge in [-0.05, 0) is 51.5 Å². The van der Waals surface area contributed by atoms with E-state index in [1.54, 1.807) is 6.20 Å². The average molecular weight is 323 g/mol. The lowest BCUT2D eigenvalue weighted by atomic mass is 10.1. The maximum absolute atomic E-state index is 4.17. The summed E-state index contributed by atoms with van der Waals surface area (Å²) in [6.45, 7) is 9.24. The molecule has 0 saturated heterocycles. The first-order valence-corrected chi connectivity index (χ1v) is 7.07. The molecule has 5 heteroatoms. The van der Waals surface area contributed by atoms with Gasteiger partial charge in [-0.25, -0.2) is 4.68 Å². The molecule has 0 amide bonds. The molecule has 2 rings (SSSR count). The fraction of sp³-hybridized carbons (Fsp3) is 0.429. The number of hydrogen-bond acceptors (Lipinski definition) is 3. The highest BCUT2D eigenvalue weighted by Crippen LogP contribution is 2.20. The van der Waals surface area contributed by atoms with Gasteiger partial charge in [-0.15, -0.1) is 5.10 Å². The van der Waals surface area contributed by atoms with E-state index < -0.39 is 0 Å². The topological polar surface area (TPSA) is 42.7 Å². The zero-order chi connectivity index (χ0) is 14.0. The molecule has 0 saturated carbocycles. The van der Waals surface area contributed by atoms with Gasteiger partial charge in [-0.1, -0.05) is 21.1 Å². The lowest BCUT2D eigenvalue weighted by molar-refractivity contribution is 0.418. The SMILES string of the molecule is Cc1cc(-n2nncc2CNC(C)(C)C)ccc1Br. The van der Waals surface area contributed by atoms with Gasteiger partial charge in [0.05, 0.1) is 17.6 Å². The third kappa shape index (κ3) is 3.64. The molecule has 0 bridgehead atoms. The molecule has 1 aromatic heterocycles. The number of aryl methyl sites for hydroxylation is 1. The molecule has 102 valence electrons. The van der Waals surface area contributed by atoms with Crippen LogP contribution in [0.5, 0.6) is 0 Å². The Morgan fingerprint density at radius 3 is 2.68 bits per heavy atom. The molecule has 2 aromatic rings. The van der Waals surface area contributed by atoms with Crippen LogP contribution >= 0.6 is 15.9 Å². The molecule has 1 aromatic carbocycles. The number of aromatic nitrogens is 3. The Bertz CT molecular complexity index is 569. The summed E-state index contributed by atoms with van der Waals surface area (Å²) < 4.78 is 2.98. The summed E-state index contributed by atoms with van der Waals surface area (Å²) in [6, 6.07) is 6.17. The maximum atomic E-state index is 4.17. The van der Waals surface area contributed by atoms with Crippen molar-refractivity contribution in [3.05, 3.63) is 40.1 Å². The van der Waals surface area contributed by atoms with Crippen LogP contribution in [0.3, 0.4) is 0 Å². The van der Waals surface area contributed by atoms with Gasteiger partial charge in [0, 0.05) is 16.6 Å². The van der Waals surface area contributed by atoms with Gasteiger partial charge < -0.3 is 5.32 Å². The summed E-state index contributed by atoms with van der Waals surface area (Å²) in [5, 5.41) is 11.6. The van der Waals surface area contributed by atoms with Crippen LogP contribution in [0.25, 0.3) is 5.69 Å². The minimum atomic E-state index is 0.0741. The molecule has 4 nitrogen and oxygen atoms in total. The van der Waals surface area contributed by atoms with Crippen LogP contribution in [0.1, 0.15) is 32.0 Å². The first-order valence-electron chi connectivity index (χ1n) is 6.28. The summed E-state index contributed by atoms with van der Waals surface area (Å²) in [5.41, 5.74) is 3.34. The summed E-state index contributed by atoms with van der Waals surface area (Å²) >= 11 is 3.51. The van der Waals surface area contributed by atoms with E-state index in [2.05, 4.69) is 65.3 Å². The zero-order valence-electron chi connectivity index (χ0n) is 11.7. The predicted octanol–water partition coefficient (Wildman–Crippen LogP) is 3.23. The molecule has 19 heavy (non-hydrogen) atoms. The largest absolute Gasteiger partial charge is 0.306 e. The Kier molecular flexibility index (Phi) is 4.06. The predicted molar refractivity (Wildman–Crippen MR) is 80.4 cm³/mol. The van der Waals surface area contributed by atoms with Crippen molar-refractivity contribution in [1.82, 2.24) is 20.3 Å². The van der Waals surface area contributed by atoms with Gasteiger partial charge in [0.2, 0.25) is 0 Å². The van der Waals surface area contributed by atoms with Crippen LogP contribution in [0.4, 0.5) is 0 Å². The lowest BCUT2D eigenvalue weighted by Gasteiger charge is -2.20. The summed E-state index contributed by atoms with van der Waals surface area (Å²) in [4.78, 5) is 0. The van der Waals surface area contributed by atoms with E-state index in [0.717, 1.165) is 22.4 Å². The molecular formula is C14H19BrN4. The van der Waals surface area contributed by atoms with Crippen molar-refractivity contribution in [1.29, 1.82) is 0 Å². The Balaban J connectivity index is 2.26. The zero-order valence-corrected chi connectivity index (χ0v) is 13.3. The van der Waals surface area contributed by atoms with Gasteiger partial charge >= 0.3 is 0 Å². The first kappa shape index (κ1) is 14.2. The van der Waals surface area contributed by atoms with Crippen molar-refractivity contribution in [3.8, 4) is 5.69 Å².